The lowest BCUT2D eigenvalue weighted by Gasteiger charge is -2.18. The molecule has 2 amide bonds. The minimum absolute atomic E-state index is 0.0706. The normalized spacial score (nSPS) is 15.0. The molecule has 22 heavy (non-hydrogen) atoms. The number of allylic oxidation sites excluding steroid dienone is 2. The van der Waals surface area contributed by atoms with E-state index >= 15 is 0 Å². The number of likely N-dealkylation sites (tertiary alicyclic amines) is 1. The first-order chi connectivity index (χ1) is 10.7. The maximum atomic E-state index is 12.2. The number of hydrogen-bond donors (Lipinski definition) is 2. The highest BCUT2D eigenvalue weighted by Crippen LogP contribution is 2.31. The lowest BCUT2D eigenvalue weighted by atomic mass is 10.1. The van der Waals surface area contributed by atoms with Gasteiger partial charge in [0, 0.05) is 18.0 Å². The fourth-order valence-corrected chi connectivity index (χ4v) is 3.22. The summed E-state index contributed by atoms with van der Waals surface area (Å²) >= 11 is 1.74. The molecule has 0 saturated carbocycles. The van der Waals surface area contributed by atoms with E-state index < -0.39 is 0 Å². The molecule has 5 heteroatoms. The van der Waals surface area contributed by atoms with Crippen molar-refractivity contribution in [3.8, 4) is 0 Å². The molecule has 118 valence electrons. The lowest BCUT2D eigenvalue weighted by molar-refractivity contribution is 0.222. The van der Waals surface area contributed by atoms with E-state index in [4.69, 9.17) is 5.73 Å². The zero-order valence-electron chi connectivity index (χ0n) is 13.0. The number of urea groups is 1. The van der Waals surface area contributed by atoms with E-state index in [9.17, 15) is 4.79 Å². The van der Waals surface area contributed by atoms with Gasteiger partial charge in [0.25, 0.3) is 0 Å². The van der Waals surface area contributed by atoms with Crippen molar-refractivity contribution < 1.29 is 4.79 Å². The maximum absolute atomic E-state index is 12.2. The van der Waals surface area contributed by atoms with Crippen molar-refractivity contribution in [2.75, 3.05) is 29.9 Å². The number of rotatable bonds is 5. The molecule has 0 radical (unpaired) electrons. The molecule has 2 rings (SSSR count). The number of benzene rings is 1. The van der Waals surface area contributed by atoms with Gasteiger partial charge in [-0.3, -0.25) is 0 Å². The Hall–Kier alpha value is -1.88. The van der Waals surface area contributed by atoms with E-state index in [0.29, 0.717) is 11.4 Å². The maximum Gasteiger partial charge on any atom is 0.321 e. The van der Waals surface area contributed by atoms with E-state index in [1.54, 1.807) is 17.8 Å². The molecule has 0 spiro atoms. The molecule has 1 aliphatic rings. The SMILES string of the molecule is C=CC=C(SCC)c1ccc(N)c(NC(=O)N2CCCC2)c1. The molecule has 0 bridgehead atoms. The van der Waals surface area contributed by atoms with Gasteiger partial charge >= 0.3 is 6.03 Å². The predicted octanol–water partition coefficient (Wildman–Crippen LogP) is 4.18. The van der Waals surface area contributed by atoms with Crippen LogP contribution in [0.1, 0.15) is 25.3 Å². The monoisotopic (exact) mass is 317 g/mol. The van der Waals surface area contributed by atoms with Crippen LogP contribution < -0.4 is 11.1 Å². The number of anilines is 2. The first kappa shape index (κ1) is 16.5. The van der Waals surface area contributed by atoms with Crippen LogP contribution >= 0.6 is 11.8 Å². The molecule has 1 heterocycles. The van der Waals surface area contributed by atoms with Crippen LogP contribution in [0.3, 0.4) is 0 Å². The molecule has 1 aromatic rings. The summed E-state index contributed by atoms with van der Waals surface area (Å²) in [6.07, 6.45) is 5.90. The highest BCUT2D eigenvalue weighted by Gasteiger charge is 2.18. The molecule has 1 aliphatic heterocycles. The molecule has 0 unspecified atom stereocenters. The van der Waals surface area contributed by atoms with E-state index in [2.05, 4.69) is 18.8 Å². The number of nitrogens with zero attached hydrogens (tertiary/aromatic N) is 1. The van der Waals surface area contributed by atoms with Crippen molar-refractivity contribution in [1.82, 2.24) is 4.90 Å². The predicted molar refractivity (Wildman–Crippen MR) is 97.0 cm³/mol. The van der Waals surface area contributed by atoms with Crippen LogP contribution in [-0.2, 0) is 0 Å². The fourth-order valence-electron chi connectivity index (χ4n) is 2.42. The molecule has 4 nitrogen and oxygen atoms in total. The summed E-state index contributed by atoms with van der Waals surface area (Å²) in [6, 6.07) is 5.67. The highest BCUT2D eigenvalue weighted by molar-refractivity contribution is 8.08. The third-order valence-electron chi connectivity index (χ3n) is 3.54. The number of carbonyl (C=O) groups is 1. The van der Waals surface area contributed by atoms with Crippen molar-refractivity contribution in [2.24, 2.45) is 0 Å². The van der Waals surface area contributed by atoms with Crippen molar-refractivity contribution in [2.45, 2.75) is 19.8 Å². The van der Waals surface area contributed by atoms with E-state index in [0.717, 1.165) is 42.2 Å². The summed E-state index contributed by atoms with van der Waals surface area (Å²) < 4.78 is 0. The van der Waals surface area contributed by atoms with Crippen LogP contribution in [0.5, 0.6) is 0 Å². The molecule has 1 aromatic carbocycles. The molecular weight excluding hydrogens is 294 g/mol. The molecule has 0 atom stereocenters. The zero-order chi connectivity index (χ0) is 15.9. The van der Waals surface area contributed by atoms with Crippen LogP contribution in [-0.4, -0.2) is 29.8 Å². The van der Waals surface area contributed by atoms with E-state index in [-0.39, 0.29) is 6.03 Å². The number of nitrogens with one attached hydrogen (secondary N) is 1. The molecular formula is C17H23N3OS. The largest absolute Gasteiger partial charge is 0.397 e. The second-order valence-electron chi connectivity index (χ2n) is 5.13. The van der Waals surface area contributed by atoms with Gasteiger partial charge in [0.1, 0.15) is 0 Å². The molecule has 1 saturated heterocycles. The molecule has 0 aromatic heterocycles. The van der Waals surface area contributed by atoms with Gasteiger partial charge in [0.15, 0.2) is 0 Å². The van der Waals surface area contributed by atoms with Gasteiger partial charge in [-0.05, 0) is 42.4 Å². The molecule has 0 aliphatic carbocycles. The number of nitrogens with two attached hydrogens (primary N) is 1. The fraction of sp³-hybridized carbons (Fsp3) is 0.353. The third-order valence-corrected chi connectivity index (χ3v) is 4.51. The number of carbonyl (C=O) groups excluding carboxylic acids is 1. The lowest BCUT2D eigenvalue weighted by Crippen LogP contribution is -2.32. The Balaban J connectivity index is 2.20. The number of thioether (sulfide) groups is 1. The van der Waals surface area contributed by atoms with E-state index in [1.165, 1.54) is 0 Å². The van der Waals surface area contributed by atoms with Crippen molar-refractivity contribution in [1.29, 1.82) is 0 Å². The molecule has 1 fully saturated rings. The zero-order valence-corrected chi connectivity index (χ0v) is 13.8. The average Bonchev–Trinajstić information content (AvgIpc) is 3.04. The van der Waals surface area contributed by atoms with Gasteiger partial charge in [-0.15, -0.1) is 11.8 Å². The Labute approximate surface area is 136 Å². The quantitative estimate of drug-likeness (QED) is 0.633. The summed E-state index contributed by atoms with van der Waals surface area (Å²) in [4.78, 5) is 15.2. The summed E-state index contributed by atoms with van der Waals surface area (Å²) in [7, 11) is 0. The topological polar surface area (TPSA) is 58.4 Å². The van der Waals surface area contributed by atoms with Crippen LogP contribution in [0, 0.1) is 0 Å². The van der Waals surface area contributed by atoms with Crippen LogP contribution in [0.4, 0.5) is 16.2 Å². The van der Waals surface area contributed by atoms with Crippen LogP contribution in [0.25, 0.3) is 4.91 Å². The first-order valence-corrected chi connectivity index (χ1v) is 8.55. The van der Waals surface area contributed by atoms with Crippen molar-refractivity contribution in [3.63, 3.8) is 0 Å². The summed E-state index contributed by atoms with van der Waals surface area (Å²) in [5.41, 5.74) is 8.29. The summed E-state index contributed by atoms with van der Waals surface area (Å²) in [5, 5.41) is 2.93. The first-order valence-electron chi connectivity index (χ1n) is 7.57. The van der Waals surface area contributed by atoms with Gasteiger partial charge in [-0.25, -0.2) is 4.79 Å². The van der Waals surface area contributed by atoms with Crippen molar-refractivity contribution >= 4 is 34.1 Å². The van der Waals surface area contributed by atoms with Crippen molar-refractivity contribution in [3.05, 3.63) is 42.5 Å². The number of hydrogen-bond acceptors (Lipinski definition) is 3. The second-order valence-corrected chi connectivity index (χ2v) is 6.43. The Morgan fingerprint density at radius 3 is 2.82 bits per heavy atom. The highest BCUT2D eigenvalue weighted by atomic mass is 32.2. The Bertz CT molecular complexity index is 577. The van der Waals surface area contributed by atoms with E-state index in [1.807, 2.05) is 29.2 Å². The standard InChI is InChI=1S/C17H23N3OS/c1-3-7-16(22-4-2)13-8-9-14(18)15(12-13)19-17(21)20-10-5-6-11-20/h3,7-9,12H,1,4-6,10-11,18H2,2H3,(H,19,21). The van der Waals surface area contributed by atoms with Gasteiger partial charge in [-0.1, -0.05) is 25.6 Å². The summed E-state index contributed by atoms with van der Waals surface area (Å²) in [5.74, 6) is 0.972. The Morgan fingerprint density at radius 2 is 2.18 bits per heavy atom. The van der Waals surface area contributed by atoms with Crippen LogP contribution in [0.2, 0.25) is 0 Å². The second kappa shape index (κ2) is 7.94. The third kappa shape index (κ3) is 4.07. The number of amides is 2. The Kier molecular flexibility index (Phi) is 5.95. The smallest absolute Gasteiger partial charge is 0.321 e. The van der Waals surface area contributed by atoms with Gasteiger partial charge < -0.3 is 16.0 Å². The summed E-state index contributed by atoms with van der Waals surface area (Å²) in [6.45, 7) is 7.50. The van der Waals surface area contributed by atoms with Crippen LogP contribution in [0.15, 0.2) is 36.9 Å². The average molecular weight is 317 g/mol. The van der Waals surface area contributed by atoms with Gasteiger partial charge in [-0.2, -0.15) is 0 Å². The van der Waals surface area contributed by atoms with Gasteiger partial charge in [0.2, 0.25) is 0 Å². The number of nitrogen functional groups attached to an aromatic ring is 1. The molecule has 3 N–H and O–H groups in total. The Morgan fingerprint density at radius 1 is 1.45 bits per heavy atom. The minimum Gasteiger partial charge on any atom is -0.397 e. The van der Waals surface area contributed by atoms with Gasteiger partial charge in [0.05, 0.1) is 11.4 Å². The minimum atomic E-state index is -0.0706.